The first-order valence-corrected chi connectivity index (χ1v) is 9.45. The Morgan fingerprint density at radius 3 is 2.52 bits per heavy atom. The third-order valence-corrected chi connectivity index (χ3v) is 5.46. The van der Waals surface area contributed by atoms with Crippen molar-refractivity contribution in [3.8, 4) is 5.75 Å². The molecule has 2 heterocycles. The molecular formula is C19H30N4O2. The number of rotatable bonds is 4. The summed E-state index contributed by atoms with van der Waals surface area (Å²) in [5.41, 5.74) is 1.02. The maximum atomic E-state index is 12.4. The molecule has 2 amide bonds. The Kier molecular flexibility index (Phi) is 6.02. The maximum absolute atomic E-state index is 12.4. The van der Waals surface area contributed by atoms with E-state index in [1.807, 2.05) is 17.0 Å². The van der Waals surface area contributed by atoms with Crippen molar-refractivity contribution in [3.63, 3.8) is 0 Å². The molecule has 0 unspecified atom stereocenters. The molecule has 2 fully saturated rings. The zero-order valence-electron chi connectivity index (χ0n) is 15.2. The van der Waals surface area contributed by atoms with Crippen molar-refractivity contribution in [2.75, 3.05) is 57.3 Å². The molecule has 138 valence electrons. The summed E-state index contributed by atoms with van der Waals surface area (Å²) >= 11 is 0. The highest BCUT2D eigenvalue weighted by Crippen LogP contribution is 2.21. The number of urea groups is 1. The highest BCUT2D eigenvalue weighted by molar-refractivity contribution is 5.74. The molecule has 0 spiro atoms. The molecular weight excluding hydrogens is 316 g/mol. The van der Waals surface area contributed by atoms with Crippen LogP contribution in [-0.4, -0.2) is 73.3 Å². The van der Waals surface area contributed by atoms with Crippen LogP contribution in [0.4, 0.5) is 10.5 Å². The Labute approximate surface area is 150 Å². The van der Waals surface area contributed by atoms with Crippen LogP contribution in [0.25, 0.3) is 0 Å². The van der Waals surface area contributed by atoms with Gasteiger partial charge in [0.15, 0.2) is 0 Å². The number of aromatic hydroxyl groups is 1. The number of piperazine rings is 1. The van der Waals surface area contributed by atoms with E-state index in [1.54, 1.807) is 12.1 Å². The SMILES string of the molecule is CCN1CCC(CNC(=O)N2CCN(c3cccc(O)c3)CC2)CC1. The van der Waals surface area contributed by atoms with Gasteiger partial charge in [0, 0.05) is 44.5 Å². The minimum atomic E-state index is 0.0634. The van der Waals surface area contributed by atoms with Gasteiger partial charge in [0.05, 0.1) is 0 Å². The second kappa shape index (κ2) is 8.43. The highest BCUT2D eigenvalue weighted by Gasteiger charge is 2.23. The quantitative estimate of drug-likeness (QED) is 0.875. The number of phenolic OH excluding ortho intramolecular Hbond substituents is 1. The normalized spacial score (nSPS) is 19.9. The molecule has 1 aromatic carbocycles. The van der Waals surface area contributed by atoms with E-state index in [4.69, 9.17) is 0 Å². The molecule has 3 rings (SSSR count). The standard InChI is InChI=1S/C19H30N4O2/c1-2-21-8-6-16(7-9-21)15-20-19(25)23-12-10-22(11-13-23)17-4-3-5-18(24)14-17/h3-5,14,16,24H,2,6-13,15H2,1H3,(H,20,25). The molecule has 0 radical (unpaired) electrons. The first-order chi connectivity index (χ1) is 12.2. The van der Waals surface area contributed by atoms with Crippen LogP contribution >= 0.6 is 0 Å². The number of hydrogen-bond donors (Lipinski definition) is 2. The number of nitrogens with zero attached hydrogens (tertiary/aromatic N) is 3. The Morgan fingerprint density at radius 1 is 1.16 bits per heavy atom. The Balaban J connectivity index is 1.40. The molecule has 0 saturated carbocycles. The van der Waals surface area contributed by atoms with Crippen LogP contribution in [0.1, 0.15) is 19.8 Å². The largest absolute Gasteiger partial charge is 0.508 e. The third kappa shape index (κ3) is 4.78. The molecule has 2 saturated heterocycles. The van der Waals surface area contributed by atoms with Gasteiger partial charge in [0.25, 0.3) is 0 Å². The third-order valence-electron chi connectivity index (χ3n) is 5.46. The molecule has 2 aliphatic rings. The summed E-state index contributed by atoms with van der Waals surface area (Å²) in [4.78, 5) is 19.0. The van der Waals surface area contributed by atoms with Crippen LogP contribution in [0.2, 0.25) is 0 Å². The second-order valence-electron chi connectivity index (χ2n) is 7.06. The lowest BCUT2D eigenvalue weighted by molar-refractivity contribution is 0.175. The summed E-state index contributed by atoms with van der Waals surface area (Å²) in [7, 11) is 0. The van der Waals surface area contributed by atoms with Crippen LogP contribution in [-0.2, 0) is 0 Å². The van der Waals surface area contributed by atoms with Crippen molar-refractivity contribution < 1.29 is 9.90 Å². The maximum Gasteiger partial charge on any atom is 0.317 e. The van der Waals surface area contributed by atoms with Gasteiger partial charge in [0.2, 0.25) is 0 Å². The number of phenols is 1. The van der Waals surface area contributed by atoms with E-state index < -0.39 is 0 Å². The molecule has 0 aliphatic carbocycles. The number of anilines is 1. The van der Waals surface area contributed by atoms with E-state index in [-0.39, 0.29) is 11.8 Å². The Morgan fingerprint density at radius 2 is 1.88 bits per heavy atom. The van der Waals surface area contributed by atoms with Gasteiger partial charge in [-0.25, -0.2) is 4.79 Å². The molecule has 0 atom stereocenters. The number of carbonyl (C=O) groups excluding carboxylic acids is 1. The molecule has 25 heavy (non-hydrogen) atoms. The molecule has 6 heteroatoms. The monoisotopic (exact) mass is 346 g/mol. The van der Waals surface area contributed by atoms with E-state index in [0.29, 0.717) is 5.92 Å². The van der Waals surface area contributed by atoms with E-state index in [1.165, 1.54) is 12.8 Å². The topological polar surface area (TPSA) is 59.1 Å². The molecule has 1 aromatic rings. The Bertz CT molecular complexity index is 564. The minimum absolute atomic E-state index is 0.0634. The highest BCUT2D eigenvalue weighted by atomic mass is 16.3. The van der Waals surface area contributed by atoms with Crippen molar-refractivity contribution in [1.29, 1.82) is 0 Å². The molecule has 0 bridgehead atoms. The number of nitrogens with one attached hydrogen (secondary N) is 1. The number of amides is 2. The van der Waals surface area contributed by atoms with E-state index in [9.17, 15) is 9.90 Å². The van der Waals surface area contributed by atoms with Gasteiger partial charge in [0.1, 0.15) is 5.75 Å². The van der Waals surface area contributed by atoms with Gasteiger partial charge in [-0.1, -0.05) is 13.0 Å². The van der Waals surface area contributed by atoms with Gasteiger partial charge in [-0.2, -0.15) is 0 Å². The molecule has 6 nitrogen and oxygen atoms in total. The molecule has 2 N–H and O–H groups in total. The zero-order valence-corrected chi connectivity index (χ0v) is 15.2. The fraction of sp³-hybridized carbons (Fsp3) is 0.632. The van der Waals surface area contributed by atoms with Gasteiger partial charge in [-0.05, 0) is 50.5 Å². The second-order valence-corrected chi connectivity index (χ2v) is 7.06. The fourth-order valence-corrected chi connectivity index (χ4v) is 3.71. The summed E-state index contributed by atoms with van der Waals surface area (Å²) in [5.74, 6) is 0.895. The van der Waals surface area contributed by atoms with Crippen LogP contribution in [0.5, 0.6) is 5.75 Å². The summed E-state index contributed by atoms with van der Waals surface area (Å²) in [6.07, 6.45) is 2.36. The summed E-state index contributed by atoms with van der Waals surface area (Å²) < 4.78 is 0. The number of piperidine rings is 1. The predicted molar refractivity (Wildman–Crippen MR) is 100 cm³/mol. The van der Waals surface area contributed by atoms with Crippen LogP contribution < -0.4 is 10.2 Å². The van der Waals surface area contributed by atoms with Gasteiger partial charge < -0.3 is 25.1 Å². The van der Waals surface area contributed by atoms with Crippen molar-refractivity contribution in [1.82, 2.24) is 15.1 Å². The van der Waals surface area contributed by atoms with E-state index in [0.717, 1.165) is 58.0 Å². The fourth-order valence-electron chi connectivity index (χ4n) is 3.71. The van der Waals surface area contributed by atoms with E-state index >= 15 is 0 Å². The minimum Gasteiger partial charge on any atom is -0.508 e. The number of benzene rings is 1. The lowest BCUT2D eigenvalue weighted by Gasteiger charge is -2.36. The predicted octanol–water partition coefficient (Wildman–Crippen LogP) is 1.96. The summed E-state index contributed by atoms with van der Waals surface area (Å²) in [6.45, 7) is 9.46. The zero-order chi connectivity index (χ0) is 17.6. The molecule has 2 aliphatic heterocycles. The number of hydrogen-bond acceptors (Lipinski definition) is 4. The lowest BCUT2D eigenvalue weighted by atomic mass is 9.97. The summed E-state index contributed by atoms with van der Waals surface area (Å²) in [6, 6.07) is 7.37. The average Bonchev–Trinajstić information content (AvgIpc) is 2.66. The van der Waals surface area contributed by atoms with Crippen LogP contribution in [0, 0.1) is 5.92 Å². The Hall–Kier alpha value is -1.95. The number of carbonyl (C=O) groups is 1. The van der Waals surface area contributed by atoms with Crippen LogP contribution in [0.15, 0.2) is 24.3 Å². The van der Waals surface area contributed by atoms with Crippen molar-refractivity contribution >= 4 is 11.7 Å². The van der Waals surface area contributed by atoms with Crippen LogP contribution in [0.3, 0.4) is 0 Å². The first kappa shape index (κ1) is 17.9. The van der Waals surface area contributed by atoms with Gasteiger partial charge in [-0.3, -0.25) is 0 Å². The first-order valence-electron chi connectivity index (χ1n) is 9.45. The smallest absolute Gasteiger partial charge is 0.317 e. The van der Waals surface area contributed by atoms with Crippen molar-refractivity contribution in [2.45, 2.75) is 19.8 Å². The van der Waals surface area contributed by atoms with Gasteiger partial charge in [-0.15, -0.1) is 0 Å². The van der Waals surface area contributed by atoms with Crippen molar-refractivity contribution in [2.24, 2.45) is 5.92 Å². The lowest BCUT2D eigenvalue weighted by Crippen LogP contribution is -2.52. The van der Waals surface area contributed by atoms with Gasteiger partial charge >= 0.3 is 6.03 Å². The molecule has 0 aromatic heterocycles. The van der Waals surface area contributed by atoms with Crippen molar-refractivity contribution in [3.05, 3.63) is 24.3 Å². The number of likely N-dealkylation sites (tertiary alicyclic amines) is 1. The van der Waals surface area contributed by atoms with E-state index in [2.05, 4.69) is 22.0 Å². The summed E-state index contributed by atoms with van der Waals surface area (Å²) in [5, 5.41) is 12.7. The average molecular weight is 346 g/mol.